The molecule has 0 spiro atoms. The lowest BCUT2D eigenvalue weighted by Gasteiger charge is -2.32. The summed E-state index contributed by atoms with van der Waals surface area (Å²) in [6.45, 7) is 10.5. The molecule has 202 valence electrons. The van der Waals surface area contributed by atoms with Gasteiger partial charge in [0.2, 0.25) is 0 Å². The number of aryl methyl sites for hydroxylation is 2. The van der Waals surface area contributed by atoms with Gasteiger partial charge in [0, 0.05) is 74.6 Å². The Labute approximate surface area is 225 Å². The summed E-state index contributed by atoms with van der Waals surface area (Å²) >= 11 is 0. The third-order valence-electron chi connectivity index (χ3n) is 7.58. The van der Waals surface area contributed by atoms with Crippen LogP contribution in [-0.4, -0.2) is 78.4 Å². The summed E-state index contributed by atoms with van der Waals surface area (Å²) in [5.41, 5.74) is 6.56. The zero-order valence-electron chi connectivity index (χ0n) is 22.8. The second-order valence-corrected chi connectivity index (χ2v) is 10.5. The molecule has 8 heteroatoms. The number of carbonyl (C=O) groups is 1. The van der Waals surface area contributed by atoms with Gasteiger partial charge in [-0.1, -0.05) is 12.1 Å². The van der Waals surface area contributed by atoms with Gasteiger partial charge in [0.1, 0.15) is 11.9 Å². The van der Waals surface area contributed by atoms with Crippen molar-refractivity contribution in [2.75, 3.05) is 51.3 Å². The van der Waals surface area contributed by atoms with Gasteiger partial charge in [-0.2, -0.15) is 5.10 Å². The van der Waals surface area contributed by atoms with Crippen LogP contribution in [-0.2, 0) is 17.8 Å². The molecule has 0 radical (unpaired) electrons. The topological polar surface area (TPSA) is 73.9 Å². The monoisotopic (exact) mass is 517 g/mol. The molecule has 1 amide bonds. The molecule has 0 bridgehead atoms. The number of benzene rings is 2. The van der Waals surface area contributed by atoms with Gasteiger partial charge in [-0.05, 0) is 62.9 Å². The molecule has 38 heavy (non-hydrogen) atoms. The summed E-state index contributed by atoms with van der Waals surface area (Å²) in [6, 6.07) is 16.4. The van der Waals surface area contributed by atoms with Crippen molar-refractivity contribution in [1.29, 1.82) is 0 Å². The quantitative estimate of drug-likeness (QED) is 0.483. The van der Waals surface area contributed by atoms with Gasteiger partial charge in [0.05, 0.1) is 18.9 Å². The van der Waals surface area contributed by atoms with Gasteiger partial charge in [-0.3, -0.25) is 14.8 Å². The highest BCUT2D eigenvalue weighted by atomic mass is 16.5. The SMILES string of the molecule is Cc1n[nH]c(C)c1CN(C)Cc1cccc(OC2CCN(C(=O)c3ccc(N4CCOCC4)cc3)CC2)c1. The molecule has 3 heterocycles. The summed E-state index contributed by atoms with van der Waals surface area (Å²) in [5.74, 6) is 1.00. The fourth-order valence-electron chi connectivity index (χ4n) is 5.35. The molecular weight excluding hydrogens is 478 g/mol. The minimum atomic E-state index is 0.102. The van der Waals surface area contributed by atoms with Crippen LogP contribution in [0.5, 0.6) is 5.75 Å². The molecule has 0 saturated carbocycles. The van der Waals surface area contributed by atoms with E-state index < -0.39 is 0 Å². The Bertz CT molecular complexity index is 1190. The van der Waals surface area contributed by atoms with Gasteiger partial charge in [-0.25, -0.2) is 0 Å². The predicted octanol–water partition coefficient (Wildman–Crippen LogP) is 4.18. The van der Waals surface area contributed by atoms with Crippen LogP contribution in [0.4, 0.5) is 5.69 Å². The number of anilines is 1. The van der Waals surface area contributed by atoms with Gasteiger partial charge < -0.3 is 19.3 Å². The normalized spacial score (nSPS) is 16.7. The van der Waals surface area contributed by atoms with E-state index in [1.807, 2.05) is 30.0 Å². The average molecular weight is 518 g/mol. The molecule has 2 aliphatic heterocycles. The number of nitrogens with one attached hydrogen (secondary N) is 1. The van der Waals surface area contributed by atoms with E-state index in [1.165, 1.54) is 11.1 Å². The van der Waals surface area contributed by atoms with E-state index in [-0.39, 0.29) is 12.0 Å². The third-order valence-corrected chi connectivity index (χ3v) is 7.58. The highest BCUT2D eigenvalue weighted by Crippen LogP contribution is 2.23. The Morgan fingerprint density at radius 2 is 1.79 bits per heavy atom. The average Bonchev–Trinajstić information content (AvgIpc) is 3.26. The van der Waals surface area contributed by atoms with E-state index in [1.54, 1.807) is 0 Å². The minimum absolute atomic E-state index is 0.102. The molecule has 0 atom stereocenters. The van der Waals surface area contributed by atoms with Crippen LogP contribution in [0, 0.1) is 13.8 Å². The Kier molecular flexibility index (Phi) is 8.29. The Balaban J connectivity index is 1.10. The number of aromatic nitrogens is 2. The molecular formula is C30H39N5O3. The van der Waals surface area contributed by atoms with Crippen molar-refractivity contribution in [3.05, 3.63) is 76.6 Å². The maximum atomic E-state index is 13.1. The van der Waals surface area contributed by atoms with Crippen LogP contribution >= 0.6 is 0 Å². The first kappa shape index (κ1) is 26.3. The lowest BCUT2D eigenvalue weighted by molar-refractivity contribution is 0.0595. The van der Waals surface area contributed by atoms with Crippen LogP contribution in [0.2, 0.25) is 0 Å². The number of hydrogen-bond acceptors (Lipinski definition) is 6. The number of hydrogen-bond donors (Lipinski definition) is 1. The Morgan fingerprint density at radius 3 is 2.47 bits per heavy atom. The minimum Gasteiger partial charge on any atom is -0.490 e. The van der Waals surface area contributed by atoms with Crippen LogP contribution in [0.3, 0.4) is 0 Å². The van der Waals surface area contributed by atoms with Crippen molar-refractivity contribution >= 4 is 11.6 Å². The number of carbonyl (C=O) groups excluding carboxylic acids is 1. The summed E-state index contributed by atoms with van der Waals surface area (Å²) in [5, 5.41) is 7.38. The number of amides is 1. The fraction of sp³-hybridized carbons (Fsp3) is 0.467. The molecule has 1 aromatic heterocycles. The molecule has 0 unspecified atom stereocenters. The number of rotatable bonds is 8. The number of likely N-dealkylation sites (tertiary alicyclic amines) is 1. The van der Waals surface area contributed by atoms with Crippen molar-refractivity contribution in [2.24, 2.45) is 0 Å². The number of H-pyrrole nitrogens is 1. The molecule has 0 aliphatic carbocycles. The zero-order valence-corrected chi connectivity index (χ0v) is 22.8. The van der Waals surface area contributed by atoms with E-state index >= 15 is 0 Å². The fourth-order valence-corrected chi connectivity index (χ4v) is 5.35. The van der Waals surface area contributed by atoms with Crippen molar-refractivity contribution < 1.29 is 14.3 Å². The summed E-state index contributed by atoms with van der Waals surface area (Å²) in [4.78, 5) is 19.6. The first-order valence-corrected chi connectivity index (χ1v) is 13.6. The van der Waals surface area contributed by atoms with E-state index in [4.69, 9.17) is 9.47 Å². The van der Waals surface area contributed by atoms with E-state index in [2.05, 4.69) is 64.3 Å². The third kappa shape index (κ3) is 6.37. The number of aromatic amines is 1. The van der Waals surface area contributed by atoms with Crippen LogP contribution in [0.1, 0.15) is 45.7 Å². The second kappa shape index (κ2) is 12.0. The summed E-state index contributed by atoms with van der Waals surface area (Å²) in [7, 11) is 2.13. The largest absolute Gasteiger partial charge is 0.490 e. The van der Waals surface area contributed by atoms with E-state index in [9.17, 15) is 4.79 Å². The van der Waals surface area contributed by atoms with E-state index in [0.29, 0.717) is 13.1 Å². The van der Waals surface area contributed by atoms with Gasteiger partial charge >= 0.3 is 0 Å². The molecule has 2 fully saturated rings. The van der Waals surface area contributed by atoms with Gasteiger partial charge in [0.25, 0.3) is 5.91 Å². The zero-order chi connectivity index (χ0) is 26.5. The number of morpholine rings is 1. The summed E-state index contributed by atoms with van der Waals surface area (Å²) < 4.78 is 11.8. The number of nitrogens with zero attached hydrogens (tertiary/aromatic N) is 4. The van der Waals surface area contributed by atoms with Crippen LogP contribution in [0.25, 0.3) is 0 Å². The molecule has 8 nitrogen and oxygen atoms in total. The smallest absolute Gasteiger partial charge is 0.253 e. The van der Waals surface area contributed by atoms with Crippen molar-refractivity contribution in [1.82, 2.24) is 20.0 Å². The van der Waals surface area contributed by atoms with Crippen molar-refractivity contribution in [2.45, 2.75) is 45.9 Å². The maximum absolute atomic E-state index is 13.1. The highest BCUT2D eigenvalue weighted by molar-refractivity contribution is 5.94. The lowest BCUT2D eigenvalue weighted by atomic mass is 10.1. The predicted molar refractivity (Wildman–Crippen MR) is 149 cm³/mol. The molecule has 5 rings (SSSR count). The van der Waals surface area contributed by atoms with Gasteiger partial charge in [0.15, 0.2) is 0 Å². The first-order chi connectivity index (χ1) is 18.5. The van der Waals surface area contributed by atoms with E-state index in [0.717, 1.165) is 80.6 Å². The number of ether oxygens (including phenoxy) is 2. The second-order valence-electron chi connectivity index (χ2n) is 10.5. The molecule has 1 N–H and O–H groups in total. The first-order valence-electron chi connectivity index (χ1n) is 13.6. The standard InChI is InChI=1S/C30H39N5O3/c1-22-29(23(2)32-31-22)21-33(3)20-24-5-4-6-28(19-24)38-27-11-13-35(14-12-27)30(36)25-7-9-26(10-8-25)34-15-17-37-18-16-34/h4-10,19,27H,11-18,20-21H2,1-3H3,(H,31,32). The molecule has 2 saturated heterocycles. The molecule has 2 aromatic carbocycles. The summed E-state index contributed by atoms with van der Waals surface area (Å²) in [6.07, 6.45) is 1.79. The maximum Gasteiger partial charge on any atom is 0.253 e. The van der Waals surface area contributed by atoms with Crippen molar-refractivity contribution in [3.8, 4) is 5.75 Å². The Hall–Kier alpha value is -3.36. The lowest BCUT2D eigenvalue weighted by Crippen LogP contribution is -2.41. The molecule has 3 aromatic rings. The molecule has 2 aliphatic rings. The van der Waals surface area contributed by atoms with Crippen LogP contribution < -0.4 is 9.64 Å². The number of piperidine rings is 1. The van der Waals surface area contributed by atoms with Gasteiger partial charge in [-0.15, -0.1) is 0 Å². The van der Waals surface area contributed by atoms with Crippen molar-refractivity contribution in [3.63, 3.8) is 0 Å². The van der Waals surface area contributed by atoms with Crippen LogP contribution in [0.15, 0.2) is 48.5 Å². The highest BCUT2D eigenvalue weighted by Gasteiger charge is 2.25. The Morgan fingerprint density at radius 1 is 1.05 bits per heavy atom.